The Hall–Kier alpha value is -1.36. The van der Waals surface area contributed by atoms with E-state index >= 15 is 0 Å². The van der Waals surface area contributed by atoms with Crippen LogP contribution in [0.15, 0.2) is 29.4 Å². The van der Waals surface area contributed by atoms with Gasteiger partial charge >= 0.3 is 0 Å². The van der Waals surface area contributed by atoms with Crippen molar-refractivity contribution in [2.24, 2.45) is 5.16 Å². The Kier molecular flexibility index (Phi) is 4.28. The van der Waals surface area contributed by atoms with Gasteiger partial charge in [-0.1, -0.05) is 36.3 Å². The fourth-order valence-corrected chi connectivity index (χ4v) is 3.04. The van der Waals surface area contributed by atoms with Crippen LogP contribution >= 0.6 is 0 Å². The monoisotopic (exact) mass is 255 g/mol. The minimum atomic E-state index is -3.28. The third-order valence-corrected chi connectivity index (χ3v) is 4.31. The molecule has 1 rings (SSSR count). The van der Waals surface area contributed by atoms with Crippen molar-refractivity contribution in [3.8, 4) is 0 Å². The molecular weight excluding hydrogens is 238 g/mol. The van der Waals surface area contributed by atoms with Crippen LogP contribution < -0.4 is 0 Å². The molecule has 0 aromatic heterocycles. The first-order chi connectivity index (χ1) is 7.91. The van der Waals surface area contributed by atoms with Crippen LogP contribution in [0.25, 0.3) is 0 Å². The fourth-order valence-electron chi connectivity index (χ4n) is 1.85. The molecule has 4 nitrogen and oxygen atoms in total. The van der Waals surface area contributed by atoms with E-state index in [4.69, 9.17) is 5.21 Å². The number of hydrogen-bond acceptors (Lipinski definition) is 4. The van der Waals surface area contributed by atoms with Gasteiger partial charge in [-0.05, 0) is 18.9 Å². The maximum atomic E-state index is 11.7. The summed E-state index contributed by atoms with van der Waals surface area (Å²) in [6.07, 6.45) is 1.54. The van der Waals surface area contributed by atoms with Crippen LogP contribution in [-0.4, -0.2) is 30.8 Å². The summed E-state index contributed by atoms with van der Waals surface area (Å²) >= 11 is 0. The molecule has 0 saturated heterocycles. The van der Waals surface area contributed by atoms with Crippen LogP contribution in [0.2, 0.25) is 0 Å². The lowest BCUT2D eigenvalue weighted by Crippen LogP contribution is -2.30. The highest BCUT2D eigenvalue weighted by molar-refractivity contribution is 7.92. The summed E-state index contributed by atoms with van der Waals surface area (Å²) in [5.74, 6) is 0. The van der Waals surface area contributed by atoms with Gasteiger partial charge in [0.05, 0.1) is 0 Å². The van der Waals surface area contributed by atoms with Gasteiger partial charge in [0.25, 0.3) is 0 Å². The first-order valence-corrected chi connectivity index (χ1v) is 7.34. The van der Waals surface area contributed by atoms with Crippen LogP contribution in [0.5, 0.6) is 0 Å². The lowest BCUT2D eigenvalue weighted by atomic mass is 10.0. The largest absolute Gasteiger partial charge is 0.411 e. The molecule has 0 unspecified atom stereocenters. The van der Waals surface area contributed by atoms with Crippen LogP contribution in [-0.2, 0) is 9.84 Å². The second-order valence-corrected chi connectivity index (χ2v) is 6.25. The molecule has 1 aromatic rings. The van der Waals surface area contributed by atoms with Crippen molar-refractivity contribution in [1.82, 2.24) is 0 Å². The highest BCUT2D eigenvalue weighted by Crippen LogP contribution is 2.17. The van der Waals surface area contributed by atoms with Gasteiger partial charge in [0.2, 0.25) is 0 Å². The van der Waals surface area contributed by atoms with Crippen molar-refractivity contribution >= 4 is 15.5 Å². The molecule has 0 heterocycles. The smallest absolute Gasteiger partial charge is 0.156 e. The molecule has 0 radical (unpaired) electrons. The van der Waals surface area contributed by atoms with Gasteiger partial charge in [-0.25, -0.2) is 8.42 Å². The SMILES string of the molecule is CC[C@@H](/C(=N\O)c1ccccc1C)S(C)(=O)=O. The second-order valence-electron chi connectivity index (χ2n) is 4.03. The quantitative estimate of drug-likeness (QED) is 0.508. The minimum absolute atomic E-state index is 0.216. The van der Waals surface area contributed by atoms with Crippen LogP contribution in [0.1, 0.15) is 24.5 Å². The van der Waals surface area contributed by atoms with E-state index in [-0.39, 0.29) is 5.71 Å². The normalized spacial score (nSPS) is 14.6. The first-order valence-electron chi connectivity index (χ1n) is 5.38. The van der Waals surface area contributed by atoms with Crippen molar-refractivity contribution in [2.75, 3.05) is 6.26 Å². The third-order valence-electron chi connectivity index (χ3n) is 2.72. The zero-order valence-electron chi connectivity index (χ0n) is 10.2. The van der Waals surface area contributed by atoms with Crippen molar-refractivity contribution in [1.29, 1.82) is 0 Å². The summed E-state index contributed by atoms with van der Waals surface area (Å²) in [4.78, 5) is 0. The van der Waals surface area contributed by atoms with E-state index in [9.17, 15) is 8.42 Å². The third kappa shape index (κ3) is 3.06. The van der Waals surface area contributed by atoms with E-state index in [1.807, 2.05) is 19.1 Å². The molecule has 94 valence electrons. The lowest BCUT2D eigenvalue weighted by Gasteiger charge is -2.16. The number of hydrogen-bond donors (Lipinski definition) is 1. The van der Waals surface area contributed by atoms with Gasteiger partial charge in [0.15, 0.2) is 9.84 Å². The minimum Gasteiger partial charge on any atom is -0.411 e. The zero-order valence-corrected chi connectivity index (χ0v) is 11.0. The number of benzene rings is 1. The predicted octanol–water partition coefficient (Wildman–Crippen LogP) is 2.00. The molecule has 5 heteroatoms. The highest BCUT2D eigenvalue weighted by Gasteiger charge is 2.27. The van der Waals surface area contributed by atoms with E-state index in [0.717, 1.165) is 11.8 Å². The van der Waals surface area contributed by atoms with Crippen LogP contribution in [0, 0.1) is 6.92 Å². The predicted molar refractivity (Wildman–Crippen MR) is 68.4 cm³/mol. The summed E-state index contributed by atoms with van der Waals surface area (Å²) in [5, 5.41) is 11.5. The molecule has 0 bridgehead atoms. The number of rotatable bonds is 4. The standard InChI is InChI=1S/C12H17NO3S/c1-4-11(17(3,15)16)12(13-14)10-8-6-5-7-9(10)2/h5-8,11,14H,4H2,1-3H3/b13-12-/t11-/m0/s1. The number of aryl methyl sites for hydroxylation is 1. The number of oxime groups is 1. The average molecular weight is 255 g/mol. The molecule has 0 aliphatic rings. The first kappa shape index (κ1) is 13.7. The van der Waals surface area contributed by atoms with Crippen molar-refractivity contribution in [2.45, 2.75) is 25.5 Å². The second kappa shape index (κ2) is 5.31. The maximum Gasteiger partial charge on any atom is 0.156 e. The van der Waals surface area contributed by atoms with E-state index in [0.29, 0.717) is 12.0 Å². The Morgan fingerprint density at radius 1 is 1.41 bits per heavy atom. The summed E-state index contributed by atoms with van der Waals surface area (Å²) in [6, 6.07) is 7.27. The topological polar surface area (TPSA) is 66.7 Å². The Balaban J connectivity index is 3.31. The molecule has 0 spiro atoms. The Labute approximate surface area is 102 Å². The Bertz CT molecular complexity index is 520. The Morgan fingerprint density at radius 2 is 2.00 bits per heavy atom. The lowest BCUT2D eigenvalue weighted by molar-refractivity contribution is 0.318. The fraction of sp³-hybridized carbons (Fsp3) is 0.417. The number of nitrogens with zero attached hydrogens (tertiary/aromatic N) is 1. The zero-order chi connectivity index (χ0) is 13.1. The summed E-state index contributed by atoms with van der Waals surface area (Å²) < 4.78 is 23.3. The van der Waals surface area contributed by atoms with Gasteiger partial charge in [0, 0.05) is 11.8 Å². The molecule has 0 fully saturated rings. The van der Waals surface area contributed by atoms with Gasteiger partial charge in [0.1, 0.15) is 11.0 Å². The van der Waals surface area contributed by atoms with E-state index in [1.165, 1.54) is 0 Å². The van der Waals surface area contributed by atoms with E-state index < -0.39 is 15.1 Å². The van der Waals surface area contributed by atoms with E-state index in [1.54, 1.807) is 19.1 Å². The van der Waals surface area contributed by atoms with Crippen molar-refractivity contribution < 1.29 is 13.6 Å². The molecule has 0 amide bonds. The van der Waals surface area contributed by atoms with Crippen LogP contribution in [0.4, 0.5) is 0 Å². The highest BCUT2D eigenvalue weighted by atomic mass is 32.2. The van der Waals surface area contributed by atoms with Gasteiger partial charge < -0.3 is 5.21 Å². The summed E-state index contributed by atoms with van der Waals surface area (Å²) in [7, 11) is -3.28. The molecule has 17 heavy (non-hydrogen) atoms. The van der Waals surface area contributed by atoms with Gasteiger partial charge in [-0.15, -0.1) is 0 Å². The van der Waals surface area contributed by atoms with E-state index in [2.05, 4.69) is 5.16 Å². The maximum absolute atomic E-state index is 11.7. The Morgan fingerprint density at radius 3 is 2.41 bits per heavy atom. The summed E-state index contributed by atoms with van der Waals surface area (Å²) in [5.41, 5.74) is 1.78. The molecule has 0 aliphatic carbocycles. The van der Waals surface area contributed by atoms with Crippen molar-refractivity contribution in [3.05, 3.63) is 35.4 Å². The van der Waals surface area contributed by atoms with Crippen molar-refractivity contribution in [3.63, 3.8) is 0 Å². The van der Waals surface area contributed by atoms with Gasteiger partial charge in [-0.2, -0.15) is 0 Å². The average Bonchev–Trinajstić information content (AvgIpc) is 2.25. The number of sulfone groups is 1. The van der Waals surface area contributed by atoms with Crippen LogP contribution in [0.3, 0.4) is 0 Å². The molecule has 0 saturated carbocycles. The molecule has 1 N–H and O–H groups in total. The van der Waals surface area contributed by atoms with Gasteiger partial charge in [-0.3, -0.25) is 0 Å². The summed E-state index contributed by atoms with van der Waals surface area (Å²) in [6.45, 7) is 3.62. The molecule has 1 aromatic carbocycles. The molecule has 1 atom stereocenters. The molecule has 0 aliphatic heterocycles. The molecular formula is C12H17NO3S.